The van der Waals surface area contributed by atoms with Gasteiger partial charge < -0.3 is 0 Å². The van der Waals surface area contributed by atoms with Crippen molar-refractivity contribution >= 4 is 11.6 Å². The number of hydrogen-bond acceptors (Lipinski definition) is 5. The van der Waals surface area contributed by atoms with Gasteiger partial charge in [0, 0.05) is 17.7 Å². The maximum atomic E-state index is 11.2. The lowest BCUT2D eigenvalue weighted by atomic mass is 10.1. The fourth-order valence-electron chi connectivity index (χ4n) is 1.44. The van der Waals surface area contributed by atoms with Crippen LogP contribution in [0.1, 0.15) is 10.5 Å². The Morgan fingerprint density at radius 3 is 2.89 bits per heavy atom. The van der Waals surface area contributed by atoms with Crippen molar-refractivity contribution in [1.82, 2.24) is 15.6 Å². The van der Waals surface area contributed by atoms with Crippen molar-refractivity contribution < 1.29 is 9.72 Å². The molecule has 0 aliphatic heterocycles. The van der Waals surface area contributed by atoms with Crippen LogP contribution in [0, 0.1) is 10.1 Å². The number of nitrogens with one attached hydrogen (secondary N) is 2. The Bertz CT molecular complexity index is 607. The van der Waals surface area contributed by atoms with Crippen molar-refractivity contribution in [1.29, 1.82) is 0 Å². The van der Waals surface area contributed by atoms with E-state index in [0.717, 1.165) is 0 Å². The van der Waals surface area contributed by atoms with Gasteiger partial charge in [-0.15, -0.1) is 0 Å². The molecule has 92 valence electrons. The predicted molar refractivity (Wildman–Crippen MR) is 62.3 cm³/mol. The summed E-state index contributed by atoms with van der Waals surface area (Å²) in [6.45, 7) is 0. The van der Waals surface area contributed by atoms with Gasteiger partial charge in [-0.25, -0.2) is 5.84 Å². The maximum Gasteiger partial charge on any atom is 0.283 e. The summed E-state index contributed by atoms with van der Waals surface area (Å²) in [4.78, 5) is 21.4. The number of benzene rings is 1. The molecule has 0 bridgehead atoms. The predicted octanol–water partition coefficient (Wildman–Crippen LogP) is 0.588. The number of carbonyl (C=O) groups excluding carboxylic acids is 1. The average molecular weight is 247 g/mol. The Balaban J connectivity index is 2.37. The van der Waals surface area contributed by atoms with E-state index < -0.39 is 10.8 Å². The van der Waals surface area contributed by atoms with Gasteiger partial charge >= 0.3 is 0 Å². The molecule has 4 N–H and O–H groups in total. The van der Waals surface area contributed by atoms with E-state index in [9.17, 15) is 14.9 Å². The molecule has 0 aliphatic rings. The Hall–Kier alpha value is -2.74. The maximum absolute atomic E-state index is 11.2. The normalized spacial score (nSPS) is 10.1. The molecule has 0 saturated heterocycles. The van der Waals surface area contributed by atoms with Crippen molar-refractivity contribution in [2.45, 2.75) is 0 Å². The molecule has 2 aromatic rings. The summed E-state index contributed by atoms with van der Waals surface area (Å²) in [5, 5.41) is 17.0. The fourth-order valence-corrected chi connectivity index (χ4v) is 1.44. The number of non-ortho nitro benzene ring substituents is 1. The monoisotopic (exact) mass is 247 g/mol. The van der Waals surface area contributed by atoms with Gasteiger partial charge in [0.05, 0.1) is 10.6 Å². The fraction of sp³-hybridized carbons (Fsp3) is 0. The summed E-state index contributed by atoms with van der Waals surface area (Å²) in [5.41, 5.74) is 3.06. The molecule has 1 heterocycles. The number of nitro groups is 1. The lowest BCUT2D eigenvalue weighted by molar-refractivity contribution is -0.384. The third kappa shape index (κ3) is 2.18. The number of amides is 1. The van der Waals surface area contributed by atoms with Crippen molar-refractivity contribution in [2.75, 3.05) is 0 Å². The van der Waals surface area contributed by atoms with Gasteiger partial charge in [0.2, 0.25) is 0 Å². The van der Waals surface area contributed by atoms with Gasteiger partial charge in [0.25, 0.3) is 11.6 Å². The summed E-state index contributed by atoms with van der Waals surface area (Å²) < 4.78 is 0. The summed E-state index contributed by atoms with van der Waals surface area (Å²) in [6.07, 6.45) is 0. The third-order valence-electron chi connectivity index (χ3n) is 2.31. The first-order valence-corrected chi connectivity index (χ1v) is 4.93. The highest BCUT2D eigenvalue weighted by Crippen LogP contribution is 2.22. The molecule has 1 amide bonds. The van der Waals surface area contributed by atoms with Crippen LogP contribution >= 0.6 is 0 Å². The van der Waals surface area contributed by atoms with E-state index in [4.69, 9.17) is 5.84 Å². The van der Waals surface area contributed by atoms with Crippen molar-refractivity contribution in [2.24, 2.45) is 5.84 Å². The van der Waals surface area contributed by atoms with Gasteiger partial charge in [-0.05, 0) is 6.07 Å². The van der Waals surface area contributed by atoms with E-state index in [0.29, 0.717) is 11.3 Å². The Kier molecular flexibility index (Phi) is 3.02. The minimum atomic E-state index is -0.515. The minimum Gasteiger partial charge on any atom is -0.289 e. The molecule has 0 radical (unpaired) electrons. The number of nitrogens with zero attached hydrogens (tertiary/aromatic N) is 2. The van der Waals surface area contributed by atoms with Crippen LogP contribution in [0.4, 0.5) is 5.69 Å². The number of nitrogen functional groups attached to an aromatic ring is 1. The second-order valence-electron chi connectivity index (χ2n) is 3.45. The van der Waals surface area contributed by atoms with Crippen molar-refractivity contribution in [3.05, 3.63) is 46.1 Å². The first-order chi connectivity index (χ1) is 8.61. The molecular formula is C10H9N5O3. The number of hydrogen-bond donors (Lipinski definition) is 3. The molecule has 0 aliphatic carbocycles. The molecule has 1 aromatic heterocycles. The first-order valence-electron chi connectivity index (χ1n) is 4.93. The van der Waals surface area contributed by atoms with Crippen LogP contribution in [0.25, 0.3) is 11.3 Å². The number of nitro benzene ring substituents is 1. The minimum absolute atomic E-state index is 0.0414. The molecule has 0 unspecified atom stereocenters. The quantitative estimate of drug-likeness (QED) is 0.316. The van der Waals surface area contributed by atoms with E-state index in [-0.39, 0.29) is 11.4 Å². The summed E-state index contributed by atoms with van der Waals surface area (Å²) >= 11 is 0. The van der Waals surface area contributed by atoms with E-state index in [1.165, 1.54) is 18.2 Å². The Morgan fingerprint density at radius 1 is 1.44 bits per heavy atom. The van der Waals surface area contributed by atoms with E-state index in [1.54, 1.807) is 12.1 Å². The summed E-state index contributed by atoms with van der Waals surface area (Å²) in [6, 6.07) is 7.42. The highest BCUT2D eigenvalue weighted by molar-refractivity contribution is 5.92. The summed E-state index contributed by atoms with van der Waals surface area (Å²) in [5.74, 6) is 4.46. The van der Waals surface area contributed by atoms with Gasteiger partial charge in [0.1, 0.15) is 5.69 Å². The Labute approximate surface area is 101 Å². The van der Waals surface area contributed by atoms with Crippen LogP contribution in [0.3, 0.4) is 0 Å². The highest BCUT2D eigenvalue weighted by Gasteiger charge is 2.12. The Morgan fingerprint density at radius 2 is 2.22 bits per heavy atom. The standard InChI is InChI=1S/C10H9N5O3/c11-12-10(16)9-5-8(13-14-9)6-2-1-3-7(4-6)15(17)18/h1-5H,11H2,(H,12,16)(H,13,14). The van der Waals surface area contributed by atoms with Crippen LogP contribution in [-0.2, 0) is 0 Å². The second kappa shape index (κ2) is 4.63. The molecule has 18 heavy (non-hydrogen) atoms. The number of carbonyl (C=O) groups is 1. The van der Waals surface area contributed by atoms with Gasteiger partial charge in [0.15, 0.2) is 0 Å². The molecule has 0 atom stereocenters. The molecule has 0 fully saturated rings. The van der Waals surface area contributed by atoms with Crippen LogP contribution in [0.15, 0.2) is 30.3 Å². The SMILES string of the molecule is NNC(=O)c1cc(-c2cccc([N+](=O)[O-])c2)n[nH]1. The molecule has 2 rings (SSSR count). The lowest BCUT2D eigenvalue weighted by Gasteiger charge is -1.95. The van der Waals surface area contributed by atoms with Crippen LogP contribution in [0.2, 0.25) is 0 Å². The van der Waals surface area contributed by atoms with Crippen molar-refractivity contribution in [3.63, 3.8) is 0 Å². The number of rotatable bonds is 3. The number of aromatic nitrogens is 2. The number of nitrogens with two attached hydrogens (primary N) is 1. The van der Waals surface area contributed by atoms with Gasteiger partial charge in [-0.3, -0.25) is 25.4 Å². The van der Waals surface area contributed by atoms with Crippen molar-refractivity contribution in [3.8, 4) is 11.3 Å². The molecule has 8 nitrogen and oxygen atoms in total. The third-order valence-corrected chi connectivity index (χ3v) is 2.31. The zero-order valence-corrected chi connectivity index (χ0v) is 9.08. The molecule has 8 heteroatoms. The van der Waals surface area contributed by atoms with E-state index in [2.05, 4.69) is 10.2 Å². The van der Waals surface area contributed by atoms with Crippen LogP contribution < -0.4 is 11.3 Å². The van der Waals surface area contributed by atoms with Crippen LogP contribution in [-0.4, -0.2) is 21.0 Å². The zero-order chi connectivity index (χ0) is 13.1. The summed E-state index contributed by atoms with van der Waals surface area (Å²) in [7, 11) is 0. The highest BCUT2D eigenvalue weighted by atomic mass is 16.6. The zero-order valence-electron chi connectivity index (χ0n) is 9.08. The lowest BCUT2D eigenvalue weighted by Crippen LogP contribution is -2.30. The van der Waals surface area contributed by atoms with Gasteiger partial charge in [-0.2, -0.15) is 5.10 Å². The largest absolute Gasteiger partial charge is 0.289 e. The van der Waals surface area contributed by atoms with E-state index in [1.807, 2.05) is 5.43 Å². The molecule has 0 saturated carbocycles. The first kappa shape index (κ1) is 11.7. The molecular weight excluding hydrogens is 238 g/mol. The number of aromatic amines is 1. The molecule has 1 aromatic carbocycles. The smallest absolute Gasteiger partial charge is 0.283 e. The van der Waals surface area contributed by atoms with E-state index >= 15 is 0 Å². The topological polar surface area (TPSA) is 127 Å². The average Bonchev–Trinajstić information content (AvgIpc) is 2.87. The number of hydrazine groups is 1. The second-order valence-corrected chi connectivity index (χ2v) is 3.45. The number of H-pyrrole nitrogens is 1. The molecule has 0 spiro atoms. The van der Waals surface area contributed by atoms with Gasteiger partial charge in [-0.1, -0.05) is 12.1 Å². The van der Waals surface area contributed by atoms with Crippen LogP contribution in [0.5, 0.6) is 0 Å².